The Hall–Kier alpha value is -0.570. The van der Waals surface area contributed by atoms with Crippen molar-refractivity contribution < 1.29 is 4.79 Å². The van der Waals surface area contributed by atoms with E-state index in [1.807, 2.05) is 0 Å². The lowest BCUT2D eigenvalue weighted by Gasteiger charge is -2.47. The third-order valence-corrected chi connectivity index (χ3v) is 3.21. The monoisotopic (exact) mass is 182 g/mol. The first kappa shape index (κ1) is 9.00. The number of hydrogen-bond donors (Lipinski definition) is 0. The smallest absolute Gasteiger partial charge is 0.220 e. The molecule has 1 amide bonds. The van der Waals surface area contributed by atoms with Crippen molar-refractivity contribution in [3.05, 3.63) is 0 Å². The van der Waals surface area contributed by atoms with Crippen LogP contribution in [0, 0.1) is 0 Å². The molecule has 3 heteroatoms. The van der Waals surface area contributed by atoms with E-state index in [1.165, 1.54) is 0 Å². The lowest BCUT2D eigenvalue weighted by molar-refractivity contribution is -0.140. The molecular formula is C10H18N2O. The Morgan fingerprint density at radius 2 is 2.15 bits per heavy atom. The van der Waals surface area contributed by atoms with Crippen LogP contribution in [-0.4, -0.2) is 46.9 Å². The third-order valence-electron chi connectivity index (χ3n) is 3.21. The largest absolute Gasteiger partial charge is 0.332 e. The highest BCUT2D eigenvalue weighted by Gasteiger charge is 2.44. The third kappa shape index (κ3) is 1.35. The molecule has 0 aromatic carbocycles. The first-order valence-electron chi connectivity index (χ1n) is 5.03. The minimum absolute atomic E-state index is 0.0330. The zero-order valence-corrected chi connectivity index (χ0v) is 8.71. The molecular weight excluding hydrogens is 164 g/mol. The summed E-state index contributed by atoms with van der Waals surface area (Å²) in [6, 6.07) is 0.473. The molecule has 2 atom stereocenters. The highest BCUT2D eigenvalue weighted by molar-refractivity contribution is 5.74. The molecule has 0 radical (unpaired) electrons. The maximum absolute atomic E-state index is 11.5. The van der Waals surface area contributed by atoms with E-state index in [4.69, 9.17) is 0 Å². The highest BCUT2D eigenvalue weighted by Crippen LogP contribution is 2.31. The van der Waals surface area contributed by atoms with Crippen molar-refractivity contribution in [1.29, 1.82) is 0 Å². The summed E-state index contributed by atoms with van der Waals surface area (Å²) in [6.45, 7) is 9.30. The molecule has 74 valence electrons. The molecule has 0 aromatic rings. The molecule has 0 spiro atoms. The molecule has 2 heterocycles. The van der Waals surface area contributed by atoms with Crippen LogP contribution in [0.3, 0.4) is 0 Å². The Kier molecular flexibility index (Phi) is 1.88. The molecule has 13 heavy (non-hydrogen) atoms. The maximum atomic E-state index is 11.5. The van der Waals surface area contributed by atoms with Gasteiger partial charge in [0.25, 0.3) is 0 Å². The molecule has 2 fully saturated rings. The summed E-state index contributed by atoms with van der Waals surface area (Å²) in [6.07, 6.45) is 1.16. The summed E-state index contributed by atoms with van der Waals surface area (Å²) >= 11 is 0. The fourth-order valence-electron chi connectivity index (χ4n) is 2.97. The van der Waals surface area contributed by atoms with Gasteiger partial charge in [0.1, 0.15) is 0 Å². The van der Waals surface area contributed by atoms with E-state index < -0.39 is 0 Å². The van der Waals surface area contributed by atoms with Crippen LogP contribution in [0.25, 0.3) is 0 Å². The van der Waals surface area contributed by atoms with Crippen LogP contribution >= 0.6 is 0 Å². The van der Waals surface area contributed by atoms with Gasteiger partial charge in [-0.25, -0.2) is 0 Å². The lowest BCUT2D eigenvalue weighted by atomic mass is 9.97. The number of fused-ring (bicyclic) bond motifs is 2. The van der Waals surface area contributed by atoms with Crippen LogP contribution in [0.2, 0.25) is 0 Å². The van der Waals surface area contributed by atoms with Gasteiger partial charge in [-0.1, -0.05) is 0 Å². The number of carbonyl (C=O) groups excluding carboxylic acids is 1. The zero-order chi connectivity index (χ0) is 9.64. The topological polar surface area (TPSA) is 23.6 Å². The van der Waals surface area contributed by atoms with Gasteiger partial charge in [0.15, 0.2) is 0 Å². The fraction of sp³-hybridized carbons (Fsp3) is 0.900. The summed E-state index contributed by atoms with van der Waals surface area (Å²) in [7, 11) is 0. The Bertz CT molecular complexity index is 237. The van der Waals surface area contributed by atoms with Crippen molar-refractivity contribution in [2.45, 2.75) is 38.8 Å². The number of nitrogens with zero attached hydrogens (tertiary/aromatic N) is 2. The van der Waals surface area contributed by atoms with Crippen molar-refractivity contribution in [1.82, 2.24) is 9.80 Å². The number of carbonyl (C=O) groups is 1. The average molecular weight is 182 g/mol. The van der Waals surface area contributed by atoms with Crippen LogP contribution < -0.4 is 0 Å². The summed E-state index contributed by atoms with van der Waals surface area (Å²) in [5, 5.41) is 0. The van der Waals surface area contributed by atoms with Gasteiger partial charge in [-0.3, -0.25) is 9.69 Å². The quantitative estimate of drug-likeness (QED) is 0.550. The molecule has 2 aliphatic rings. The van der Waals surface area contributed by atoms with Gasteiger partial charge in [-0.2, -0.15) is 0 Å². The maximum Gasteiger partial charge on any atom is 0.220 e. The molecule has 2 unspecified atom stereocenters. The van der Waals surface area contributed by atoms with E-state index in [2.05, 4.69) is 23.6 Å². The number of rotatable bonds is 0. The van der Waals surface area contributed by atoms with E-state index in [0.717, 1.165) is 26.1 Å². The van der Waals surface area contributed by atoms with Crippen molar-refractivity contribution in [2.24, 2.45) is 0 Å². The lowest BCUT2D eigenvalue weighted by Crippen LogP contribution is -2.61. The molecule has 2 aliphatic heterocycles. The van der Waals surface area contributed by atoms with Gasteiger partial charge < -0.3 is 4.90 Å². The van der Waals surface area contributed by atoms with Gasteiger partial charge in [-0.15, -0.1) is 0 Å². The first-order valence-corrected chi connectivity index (χ1v) is 5.03. The molecule has 3 nitrogen and oxygen atoms in total. The van der Waals surface area contributed by atoms with Crippen LogP contribution in [0.4, 0.5) is 0 Å². The van der Waals surface area contributed by atoms with Crippen molar-refractivity contribution in [2.75, 3.05) is 19.6 Å². The van der Waals surface area contributed by atoms with E-state index in [0.29, 0.717) is 6.04 Å². The molecule has 2 saturated heterocycles. The predicted molar refractivity (Wildman–Crippen MR) is 51.4 cm³/mol. The van der Waals surface area contributed by atoms with Gasteiger partial charge in [0.05, 0.1) is 5.54 Å². The number of amides is 1. The zero-order valence-electron chi connectivity index (χ0n) is 8.71. The number of hydrogen-bond acceptors (Lipinski definition) is 2. The van der Waals surface area contributed by atoms with Gasteiger partial charge >= 0.3 is 0 Å². The van der Waals surface area contributed by atoms with Crippen LogP contribution in [0.15, 0.2) is 0 Å². The van der Waals surface area contributed by atoms with Crippen molar-refractivity contribution in [3.63, 3.8) is 0 Å². The van der Waals surface area contributed by atoms with Crippen LogP contribution in [-0.2, 0) is 4.79 Å². The number of piperazine rings is 1. The van der Waals surface area contributed by atoms with Crippen LogP contribution in [0.5, 0.6) is 0 Å². The first-order chi connectivity index (χ1) is 6.00. The van der Waals surface area contributed by atoms with Crippen molar-refractivity contribution in [3.8, 4) is 0 Å². The Morgan fingerprint density at radius 3 is 2.77 bits per heavy atom. The standard InChI is InChI=1S/C10H18N2O/c1-8(13)12-9-4-5-11(6-9)7-10(12,2)3/h9H,4-7H2,1-3H3. The summed E-state index contributed by atoms with van der Waals surface area (Å²) < 4.78 is 0. The normalized spacial score (nSPS) is 36.4. The fourth-order valence-corrected chi connectivity index (χ4v) is 2.97. The Morgan fingerprint density at radius 1 is 1.46 bits per heavy atom. The molecule has 0 aliphatic carbocycles. The molecule has 2 rings (SSSR count). The summed E-state index contributed by atoms with van der Waals surface area (Å²) in [4.78, 5) is 16.1. The van der Waals surface area contributed by atoms with E-state index >= 15 is 0 Å². The van der Waals surface area contributed by atoms with Gasteiger partial charge in [-0.05, 0) is 20.3 Å². The average Bonchev–Trinajstić information content (AvgIpc) is 2.29. The summed E-state index contributed by atoms with van der Waals surface area (Å²) in [5.41, 5.74) is 0.0330. The molecule has 0 saturated carbocycles. The Balaban J connectivity index is 2.26. The molecule has 0 aromatic heterocycles. The summed E-state index contributed by atoms with van der Waals surface area (Å²) in [5.74, 6) is 0.233. The highest BCUT2D eigenvalue weighted by atomic mass is 16.2. The molecule has 2 bridgehead atoms. The second-order valence-electron chi connectivity index (χ2n) is 4.88. The van der Waals surface area contributed by atoms with Gasteiger partial charge in [0, 0.05) is 32.6 Å². The van der Waals surface area contributed by atoms with Crippen molar-refractivity contribution >= 4 is 5.91 Å². The second kappa shape index (κ2) is 2.71. The Labute approximate surface area is 79.7 Å². The van der Waals surface area contributed by atoms with E-state index in [9.17, 15) is 4.79 Å². The predicted octanol–water partition coefficient (Wildman–Crippen LogP) is 0.701. The minimum atomic E-state index is 0.0330. The molecule has 0 N–H and O–H groups in total. The SMILES string of the molecule is CC(=O)N1C2CCN(C2)CC1(C)C. The van der Waals surface area contributed by atoms with E-state index in [-0.39, 0.29) is 11.4 Å². The van der Waals surface area contributed by atoms with Gasteiger partial charge in [0.2, 0.25) is 5.91 Å². The minimum Gasteiger partial charge on any atom is -0.332 e. The second-order valence-corrected chi connectivity index (χ2v) is 4.88. The van der Waals surface area contributed by atoms with E-state index in [1.54, 1.807) is 6.92 Å². The van der Waals surface area contributed by atoms with Crippen LogP contribution in [0.1, 0.15) is 27.2 Å².